The lowest BCUT2D eigenvalue weighted by Crippen LogP contribution is -2.21. The van der Waals surface area contributed by atoms with Gasteiger partial charge in [-0.2, -0.15) is 11.8 Å². The number of thioether (sulfide) groups is 1. The fraction of sp³-hybridized carbons (Fsp3) is 0.750. The molecule has 2 nitrogen and oxygen atoms in total. The van der Waals surface area contributed by atoms with E-state index in [9.17, 15) is 0 Å². The SMILES string of the molecule is CCCNC(CCC)c1ccn(CCCSCC)c1. The standard InChI is InChI=1S/C16H30N2S/c1-4-8-16(17-10-5-2)15-9-12-18(14-15)11-7-13-19-6-3/h9,12,14,16-17H,4-8,10-11,13H2,1-3H3. The Morgan fingerprint density at radius 2 is 2.11 bits per heavy atom. The summed E-state index contributed by atoms with van der Waals surface area (Å²) in [6, 6.07) is 2.83. The van der Waals surface area contributed by atoms with Crippen molar-refractivity contribution in [2.45, 2.75) is 59.0 Å². The lowest BCUT2D eigenvalue weighted by Gasteiger charge is -2.16. The molecule has 0 spiro atoms. The zero-order chi connectivity index (χ0) is 13.9. The van der Waals surface area contributed by atoms with Crippen LogP contribution in [0.3, 0.4) is 0 Å². The van der Waals surface area contributed by atoms with E-state index >= 15 is 0 Å². The van der Waals surface area contributed by atoms with Gasteiger partial charge >= 0.3 is 0 Å². The fourth-order valence-electron chi connectivity index (χ4n) is 2.29. The van der Waals surface area contributed by atoms with Crippen LogP contribution in [0, 0.1) is 0 Å². The van der Waals surface area contributed by atoms with Crippen LogP contribution in [0.15, 0.2) is 18.5 Å². The summed E-state index contributed by atoms with van der Waals surface area (Å²) in [5.41, 5.74) is 1.46. The Morgan fingerprint density at radius 1 is 1.26 bits per heavy atom. The Morgan fingerprint density at radius 3 is 2.79 bits per heavy atom. The molecule has 0 amide bonds. The van der Waals surface area contributed by atoms with Crippen molar-refractivity contribution in [1.29, 1.82) is 0 Å². The molecule has 110 valence electrons. The Hall–Kier alpha value is -0.410. The molecule has 0 radical (unpaired) electrons. The fourth-order valence-corrected chi connectivity index (χ4v) is 2.91. The maximum atomic E-state index is 3.66. The molecule has 1 atom stereocenters. The van der Waals surface area contributed by atoms with E-state index in [-0.39, 0.29) is 0 Å². The molecule has 1 N–H and O–H groups in total. The Bertz CT molecular complexity index is 322. The lowest BCUT2D eigenvalue weighted by atomic mass is 10.1. The van der Waals surface area contributed by atoms with E-state index < -0.39 is 0 Å². The highest BCUT2D eigenvalue weighted by Crippen LogP contribution is 2.19. The van der Waals surface area contributed by atoms with Crippen LogP contribution >= 0.6 is 11.8 Å². The van der Waals surface area contributed by atoms with Crippen molar-refractivity contribution in [3.05, 3.63) is 24.0 Å². The molecular formula is C16H30N2S. The molecule has 3 heteroatoms. The van der Waals surface area contributed by atoms with Crippen molar-refractivity contribution in [3.63, 3.8) is 0 Å². The van der Waals surface area contributed by atoms with Crippen molar-refractivity contribution in [2.75, 3.05) is 18.1 Å². The molecule has 0 fully saturated rings. The largest absolute Gasteiger partial charge is 0.354 e. The molecule has 0 aliphatic rings. The summed E-state index contributed by atoms with van der Waals surface area (Å²) in [6.07, 6.45) is 9.51. The third kappa shape index (κ3) is 6.53. The van der Waals surface area contributed by atoms with Gasteiger partial charge in [-0.1, -0.05) is 27.2 Å². The first-order valence-electron chi connectivity index (χ1n) is 7.78. The van der Waals surface area contributed by atoms with E-state index in [1.165, 1.54) is 42.8 Å². The summed E-state index contributed by atoms with van der Waals surface area (Å²) in [4.78, 5) is 0. The first-order valence-corrected chi connectivity index (χ1v) is 8.94. The lowest BCUT2D eigenvalue weighted by molar-refractivity contribution is 0.493. The van der Waals surface area contributed by atoms with Gasteiger partial charge in [0.05, 0.1) is 0 Å². The monoisotopic (exact) mass is 282 g/mol. The van der Waals surface area contributed by atoms with Crippen LogP contribution in [0.5, 0.6) is 0 Å². The summed E-state index contributed by atoms with van der Waals surface area (Å²) in [5.74, 6) is 2.51. The number of hydrogen-bond donors (Lipinski definition) is 1. The van der Waals surface area contributed by atoms with Gasteiger partial charge in [0.2, 0.25) is 0 Å². The van der Waals surface area contributed by atoms with Crippen LogP contribution < -0.4 is 5.32 Å². The highest BCUT2D eigenvalue weighted by Gasteiger charge is 2.10. The molecule has 0 aliphatic carbocycles. The minimum Gasteiger partial charge on any atom is -0.354 e. The summed E-state index contributed by atoms with van der Waals surface area (Å²) >= 11 is 2.03. The van der Waals surface area contributed by atoms with Gasteiger partial charge in [0.25, 0.3) is 0 Å². The van der Waals surface area contributed by atoms with Crippen molar-refractivity contribution < 1.29 is 0 Å². The highest BCUT2D eigenvalue weighted by atomic mass is 32.2. The molecule has 1 heterocycles. The second-order valence-corrected chi connectivity index (χ2v) is 6.42. The van der Waals surface area contributed by atoms with Crippen LogP contribution in [-0.4, -0.2) is 22.6 Å². The molecule has 1 rings (SSSR count). The van der Waals surface area contributed by atoms with E-state index in [1.807, 2.05) is 11.8 Å². The van der Waals surface area contributed by atoms with Gasteiger partial charge in [0, 0.05) is 25.0 Å². The van der Waals surface area contributed by atoms with E-state index in [1.54, 1.807) is 0 Å². The normalized spacial score (nSPS) is 12.8. The summed E-state index contributed by atoms with van der Waals surface area (Å²) in [7, 11) is 0. The number of aryl methyl sites for hydroxylation is 1. The molecule has 0 aromatic carbocycles. The maximum Gasteiger partial charge on any atom is 0.0335 e. The Kier molecular flexibility index (Phi) is 9.10. The molecule has 0 saturated carbocycles. The van der Waals surface area contributed by atoms with E-state index in [4.69, 9.17) is 0 Å². The van der Waals surface area contributed by atoms with Crippen LogP contribution in [0.25, 0.3) is 0 Å². The maximum absolute atomic E-state index is 3.66. The second kappa shape index (κ2) is 10.4. The molecule has 1 unspecified atom stereocenters. The number of nitrogens with zero attached hydrogens (tertiary/aromatic N) is 1. The third-order valence-electron chi connectivity index (χ3n) is 3.30. The van der Waals surface area contributed by atoms with Crippen LogP contribution in [-0.2, 0) is 6.54 Å². The zero-order valence-electron chi connectivity index (χ0n) is 12.8. The summed E-state index contributed by atoms with van der Waals surface area (Å²) < 4.78 is 2.35. The topological polar surface area (TPSA) is 17.0 Å². The second-order valence-electron chi connectivity index (χ2n) is 5.03. The van der Waals surface area contributed by atoms with Gasteiger partial charge in [-0.05, 0) is 48.9 Å². The number of hydrogen-bond acceptors (Lipinski definition) is 2. The van der Waals surface area contributed by atoms with Crippen LogP contribution in [0.1, 0.15) is 58.1 Å². The number of rotatable bonds is 11. The van der Waals surface area contributed by atoms with Crippen molar-refractivity contribution in [1.82, 2.24) is 9.88 Å². The third-order valence-corrected chi connectivity index (χ3v) is 4.29. The minimum absolute atomic E-state index is 0.538. The predicted octanol–water partition coefficient (Wildman–Crippen LogP) is 4.47. The van der Waals surface area contributed by atoms with Crippen LogP contribution in [0.4, 0.5) is 0 Å². The minimum atomic E-state index is 0.538. The number of aromatic nitrogens is 1. The zero-order valence-corrected chi connectivity index (χ0v) is 13.6. The molecule has 19 heavy (non-hydrogen) atoms. The van der Waals surface area contributed by atoms with Gasteiger partial charge in [-0.25, -0.2) is 0 Å². The van der Waals surface area contributed by atoms with Gasteiger partial charge in [-0.3, -0.25) is 0 Å². The predicted molar refractivity (Wildman–Crippen MR) is 88.0 cm³/mol. The first kappa shape index (κ1) is 16.6. The van der Waals surface area contributed by atoms with Gasteiger partial charge in [0.1, 0.15) is 0 Å². The van der Waals surface area contributed by atoms with Crippen molar-refractivity contribution in [2.24, 2.45) is 0 Å². The molecular weight excluding hydrogens is 252 g/mol. The van der Waals surface area contributed by atoms with Gasteiger partial charge in [-0.15, -0.1) is 0 Å². The molecule has 1 aromatic rings. The van der Waals surface area contributed by atoms with Crippen molar-refractivity contribution in [3.8, 4) is 0 Å². The Labute approximate surface area is 123 Å². The molecule has 1 aromatic heterocycles. The molecule has 0 saturated heterocycles. The quantitative estimate of drug-likeness (QED) is 0.603. The van der Waals surface area contributed by atoms with Gasteiger partial charge in [0.15, 0.2) is 0 Å². The highest BCUT2D eigenvalue weighted by molar-refractivity contribution is 7.99. The summed E-state index contributed by atoms with van der Waals surface area (Å²) in [6.45, 7) is 8.99. The average molecular weight is 282 g/mol. The Balaban J connectivity index is 2.44. The van der Waals surface area contributed by atoms with Gasteiger partial charge < -0.3 is 9.88 Å². The smallest absolute Gasteiger partial charge is 0.0335 e. The number of nitrogens with one attached hydrogen (secondary N) is 1. The van der Waals surface area contributed by atoms with Crippen LogP contribution in [0.2, 0.25) is 0 Å². The first-order chi connectivity index (χ1) is 9.31. The van der Waals surface area contributed by atoms with E-state index in [2.05, 4.69) is 49.1 Å². The summed E-state index contributed by atoms with van der Waals surface area (Å²) in [5, 5.41) is 3.66. The van der Waals surface area contributed by atoms with E-state index in [0.717, 1.165) is 13.1 Å². The molecule has 0 bridgehead atoms. The van der Waals surface area contributed by atoms with Crippen molar-refractivity contribution >= 4 is 11.8 Å². The molecule has 0 aliphatic heterocycles. The van der Waals surface area contributed by atoms with E-state index in [0.29, 0.717) is 6.04 Å². The average Bonchev–Trinajstić information content (AvgIpc) is 2.88.